The highest BCUT2D eigenvalue weighted by atomic mass is 35.5. The monoisotopic (exact) mass is 362 g/mol. The summed E-state index contributed by atoms with van der Waals surface area (Å²) in [5, 5.41) is 9.55. The number of anilines is 2. The third-order valence-corrected chi connectivity index (χ3v) is 4.18. The van der Waals surface area contributed by atoms with Crippen LogP contribution in [0, 0.1) is 0 Å². The van der Waals surface area contributed by atoms with Crippen LogP contribution in [0.4, 0.5) is 11.4 Å². The lowest BCUT2D eigenvalue weighted by Crippen LogP contribution is -2.22. The van der Waals surface area contributed by atoms with Crippen molar-refractivity contribution < 1.29 is 18.7 Å². The van der Waals surface area contributed by atoms with Crippen molar-refractivity contribution in [1.82, 2.24) is 9.97 Å². The SMILES string of the molecule is O=C(O)c1ccc(Cl)cc1N(c1cccc2nccnc12)S(=O)[O-]. The third-order valence-electron chi connectivity index (χ3n) is 3.25. The number of hydrogen-bond donors (Lipinski definition) is 1. The number of rotatable bonds is 4. The van der Waals surface area contributed by atoms with Crippen LogP contribution in [-0.2, 0) is 11.3 Å². The van der Waals surface area contributed by atoms with Crippen molar-refractivity contribution in [2.24, 2.45) is 0 Å². The van der Waals surface area contributed by atoms with Crippen LogP contribution in [0.15, 0.2) is 48.8 Å². The largest absolute Gasteiger partial charge is 0.755 e. The van der Waals surface area contributed by atoms with E-state index in [2.05, 4.69) is 9.97 Å². The van der Waals surface area contributed by atoms with Crippen molar-refractivity contribution in [3.05, 3.63) is 59.4 Å². The Morgan fingerprint density at radius 2 is 1.92 bits per heavy atom. The summed E-state index contributed by atoms with van der Waals surface area (Å²) in [4.78, 5) is 19.7. The standard InChI is InChI=1S/C15H10ClN3O4S/c16-9-4-5-10(15(20)21)13(8-9)19(24(22)23)12-3-1-2-11-14(12)18-7-6-17-11/h1-8H,(H,20,21)(H,22,23)/p-1. The first-order valence-corrected chi connectivity index (χ1v) is 8.02. The molecule has 0 fully saturated rings. The molecule has 9 heteroatoms. The van der Waals surface area contributed by atoms with Crippen molar-refractivity contribution in [3.8, 4) is 0 Å². The summed E-state index contributed by atoms with van der Waals surface area (Å²) in [5.74, 6) is -1.27. The third kappa shape index (κ3) is 2.94. The summed E-state index contributed by atoms with van der Waals surface area (Å²) in [6.07, 6.45) is 2.90. The molecule has 3 rings (SSSR count). The summed E-state index contributed by atoms with van der Waals surface area (Å²) >= 11 is 3.12. The molecule has 1 N–H and O–H groups in total. The maximum atomic E-state index is 11.9. The van der Waals surface area contributed by atoms with Crippen molar-refractivity contribution in [3.63, 3.8) is 0 Å². The van der Waals surface area contributed by atoms with Gasteiger partial charge in [-0.25, -0.2) is 4.79 Å². The predicted molar refractivity (Wildman–Crippen MR) is 89.0 cm³/mol. The number of aromatic carboxylic acids is 1. The Labute approximate surface area is 144 Å². The topological polar surface area (TPSA) is 106 Å². The van der Waals surface area contributed by atoms with E-state index in [1.165, 1.54) is 36.7 Å². The molecule has 0 saturated heterocycles. The minimum atomic E-state index is -2.80. The first-order valence-electron chi connectivity index (χ1n) is 6.61. The molecule has 1 unspecified atom stereocenters. The Hall–Kier alpha value is -2.55. The Morgan fingerprint density at radius 3 is 2.62 bits per heavy atom. The van der Waals surface area contributed by atoms with Gasteiger partial charge in [-0.15, -0.1) is 0 Å². The van der Waals surface area contributed by atoms with Gasteiger partial charge in [0.2, 0.25) is 0 Å². The highest BCUT2D eigenvalue weighted by molar-refractivity contribution is 7.81. The Kier molecular flexibility index (Phi) is 4.43. The normalized spacial score (nSPS) is 12.1. The Balaban J connectivity index is 2.31. The molecule has 0 spiro atoms. The number of benzene rings is 2. The number of para-hydroxylation sites is 1. The molecule has 0 aliphatic carbocycles. The molecule has 0 amide bonds. The van der Waals surface area contributed by atoms with E-state index in [1.54, 1.807) is 12.1 Å². The lowest BCUT2D eigenvalue weighted by molar-refractivity contribution is 0.0698. The molecule has 1 aromatic heterocycles. The molecule has 0 aliphatic heterocycles. The minimum absolute atomic E-state index is 0.0820. The molecule has 24 heavy (non-hydrogen) atoms. The van der Waals surface area contributed by atoms with Crippen LogP contribution in [-0.4, -0.2) is 29.8 Å². The van der Waals surface area contributed by atoms with Crippen LogP contribution in [0.1, 0.15) is 10.4 Å². The number of aromatic nitrogens is 2. The zero-order chi connectivity index (χ0) is 17.3. The van der Waals surface area contributed by atoms with Gasteiger partial charge in [-0.2, -0.15) is 0 Å². The lowest BCUT2D eigenvalue weighted by atomic mass is 10.1. The first-order chi connectivity index (χ1) is 11.5. The van der Waals surface area contributed by atoms with Gasteiger partial charge in [0.25, 0.3) is 0 Å². The number of fused-ring (bicyclic) bond motifs is 1. The smallest absolute Gasteiger partial charge is 0.337 e. The van der Waals surface area contributed by atoms with E-state index in [0.29, 0.717) is 11.0 Å². The molecule has 2 aromatic carbocycles. The van der Waals surface area contributed by atoms with Gasteiger partial charge in [0.05, 0.1) is 33.7 Å². The zero-order valence-electron chi connectivity index (χ0n) is 11.9. The van der Waals surface area contributed by atoms with Gasteiger partial charge in [-0.05, 0) is 30.3 Å². The van der Waals surface area contributed by atoms with Crippen LogP contribution in [0.5, 0.6) is 0 Å². The number of carboxylic acids is 1. The van der Waals surface area contributed by atoms with Gasteiger partial charge in [0, 0.05) is 17.4 Å². The van der Waals surface area contributed by atoms with Crippen molar-refractivity contribution >= 4 is 51.2 Å². The average molecular weight is 363 g/mol. The summed E-state index contributed by atoms with van der Waals surface area (Å²) in [5.41, 5.74) is 0.689. The second-order valence-corrected chi connectivity index (χ2v) is 5.92. The number of carbonyl (C=O) groups is 1. The molecule has 1 heterocycles. The molecule has 0 bridgehead atoms. The second kappa shape index (κ2) is 6.52. The average Bonchev–Trinajstić information content (AvgIpc) is 2.55. The Morgan fingerprint density at radius 1 is 1.17 bits per heavy atom. The molecular formula is C15H9ClN3O4S-. The molecular weight excluding hydrogens is 354 g/mol. The molecule has 0 aliphatic rings. The van der Waals surface area contributed by atoms with E-state index in [0.717, 1.165) is 4.31 Å². The predicted octanol–water partition coefficient (Wildman–Crippen LogP) is 2.91. The fourth-order valence-electron chi connectivity index (χ4n) is 2.29. The fourth-order valence-corrected chi connectivity index (χ4v) is 3.07. The molecule has 7 nitrogen and oxygen atoms in total. The number of hydrogen-bond acceptors (Lipinski definition) is 5. The van der Waals surface area contributed by atoms with Crippen molar-refractivity contribution in [2.75, 3.05) is 4.31 Å². The fraction of sp³-hybridized carbons (Fsp3) is 0. The molecule has 0 saturated carbocycles. The highest BCUT2D eigenvalue weighted by Crippen LogP contribution is 2.35. The van der Waals surface area contributed by atoms with Crippen molar-refractivity contribution in [2.45, 2.75) is 0 Å². The number of halogens is 1. The van der Waals surface area contributed by atoms with Gasteiger partial charge in [0.15, 0.2) is 0 Å². The van der Waals surface area contributed by atoms with Gasteiger partial charge < -0.3 is 9.66 Å². The second-order valence-electron chi connectivity index (χ2n) is 4.68. The van der Waals surface area contributed by atoms with Crippen LogP contribution in [0.3, 0.4) is 0 Å². The molecule has 3 aromatic rings. The summed E-state index contributed by atoms with van der Waals surface area (Å²) in [6.45, 7) is 0. The van der Waals surface area contributed by atoms with Crippen molar-refractivity contribution in [1.29, 1.82) is 0 Å². The van der Waals surface area contributed by atoms with Gasteiger partial charge in [-0.3, -0.25) is 18.5 Å². The molecule has 0 radical (unpaired) electrons. The van der Waals surface area contributed by atoms with E-state index < -0.39 is 17.2 Å². The minimum Gasteiger partial charge on any atom is -0.755 e. The number of nitrogens with zero attached hydrogens (tertiary/aromatic N) is 3. The van der Waals surface area contributed by atoms with E-state index in [4.69, 9.17) is 11.6 Å². The summed E-state index contributed by atoms with van der Waals surface area (Å²) < 4.78 is 24.6. The highest BCUT2D eigenvalue weighted by Gasteiger charge is 2.21. The Bertz CT molecular complexity index is 961. The van der Waals surface area contributed by atoms with Gasteiger partial charge >= 0.3 is 5.97 Å². The van der Waals surface area contributed by atoms with Crippen LogP contribution in [0.25, 0.3) is 11.0 Å². The van der Waals surface area contributed by atoms with Crippen LogP contribution < -0.4 is 4.31 Å². The summed E-state index contributed by atoms with van der Waals surface area (Å²) in [7, 11) is 0. The van der Waals surface area contributed by atoms with E-state index in [1.807, 2.05) is 0 Å². The zero-order valence-corrected chi connectivity index (χ0v) is 13.5. The van der Waals surface area contributed by atoms with Gasteiger partial charge in [0.1, 0.15) is 5.52 Å². The van der Waals surface area contributed by atoms with E-state index in [-0.39, 0.29) is 22.0 Å². The quantitative estimate of drug-likeness (QED) is 0.715. The van der Waals surface area contributed by atoms with E-state index in [9.17, 15) is 18.7 Å². The van der Waals surface area contributed by atoms with Crippen LogP contribution in [0.2, 0.25) is 5.02 Å². The molecule has 1 atom stereocenters. The number of carboxylic acid groups (broad SMARTS) is 1. The lowest BCUT2D eigenvalue weighted by Gasteiger charge is -2.28. The molecule has 122 valence electrons. The maximum Gasteiger partial charge on any atom is 0.337 e. The first kappa shape index (κ1) is 16.3. The van der Waals surface area contributed by atoms with E-state index >= 15 is 0 Å². The van der Waals surface area contributed by atoms with Crippen LogP contribution >= 0.6 is 11.6 Å². The maximum absolute atomic E-state index is 11.9. The summed E-state index contributed by atoms with van der Waals surface area (Å²) in [6, 6.07) is 8.69. The van der Waals surface area contributed by atoms with Gasteiger partial charge in [-0.1, -0.05) is 17.7 Å².